The summed E-state index contributed by atoms with van der Waals surface area (Å²) in [6, 6.07) is 20.2. The number of nitrogens with zero attached hydrogens (tertiary/aromatic N) is 2. The fourth-order valence-electron chi connectivity index (χ4n) is 2.92. The highest BCUT2D eigenvalue weighted by atomic mass is 32.1. The van der Waals surface area contributed by atoms with Crippen LogP contribution in [0.5, 0.6) is 5.75 Å². The van der Waals surface area contributed by atoms with E-state index in [0.29, 0.717) is 6.54 Å². The lowest BCUT2D eigenvalue weighted by atomic mass is 10.2. The van der Waals surface area contributed by atoms with Crippen LogP contribution in [0.3, 0.4) is 0 Å². The van der Waals surface area contributed by atoms with Gasteiger partial charge in [0.15, 0.2) is 5.82 Å². The van der Waals surface area contributed by atoms with Crippen molar-refractivity contribution in [3.05, 3.63) is 71.1 Å². The number of ether oxygens (including phenoxy) is 1. The van der Waals surface area contributed by atoms with Crippen LogP contribution in [0.4, 0.5) is 5.82 Å². The fraction of sp³-hybridized carbons (Fsp3) is 0.143. The van der Waals surface area contributed by atoms with Crippen LogP contribution in [0.1, 0.15) is 10.4 Å². The highest BCUT2D eigenvalue weighted by Gasteiger charge is 2.12. The molecule has 0 aliphatic heterocycles. The van der Waals surface area contributed by atoms with Gasteiger partial charge in [0.05, 0.1) is 12.5 Å². The van der Waals surface area contributed by atoms with Crippen LogP contribution in [-0.4, -0.2) is 17.1 Å². The van der Waals surface area contributed by atoms with E-state index in [2.05, 4.69) is 24.4 Å². The van der Waals surface area contributed by atoms with Crippen molar-refractivity contribution in [2.45, 2.75) is 13.5 Å². The molecule has 0 spiro atoms. The largest absolute Gasteiger partial charge is 0.496 e. The van der Waals surface area contributed by atoms with Gasteiger partial charge in [0.25, 0.3) is 0 Å². The van der Waals surface area contributed by atoms with Gasteiger partial charge in [-0.1, -0.05) is 48.5 Å². The van der Waals surface area contributed by atoms with Crippen molar-refractivity contribution in [1.82, 2.24) is 9.97 Å². The molecule has 0 saturated carbocycles. The lowest BCUT2D eigenvalue weighted by Crippen LogP contribution is -2.04. The highest BCUT2D eigenvalue weighted by molar-refractivity contribution is 7.18. The molecule has 0 radical (unpaired) electrons. The summed E-state index contributed by atoms with van der Waals surface area (Å²) in [7, 11) is 1.69. The third-order valence-corrected chi connectivity index (χ3v) is 5.13. The van der Waals surface area contributed by atoms with Crippen LogP contribution in [-0.2, 0) is 6.54 Å². The van der Waals surface area contributed by atoms with Crippen molar-refractivity contribution in [3.63, 3.8) is 0 Å². The zero-order valence-corrected chi connectivity index (χ0v) is 15.5. The van der Waals surface area contributed by atoms with Crippen LogP contribution in [0.15, 0.2) is 60.7 Å². The fourth-order valence-corrected chi connectivity index (χ4v) is 3.80. The van der Waals surface area contributed by atoms with Crippen LogP contribution >= 0.6 is 11.3 Å². The Kier molecular flexibility index (Phi) is 4.54. The van der Waals surface area contributed by atoms with Gasteiger partial charge in [0, 0.05) is 22.5 Å². The molecule has 4 aromatic rings. The predicted octanol–water partition coefficient (Wildman–Crippen LogP) is 5.29. The Morgan fingerprint density at radius 3 is 2.58 bits per heavy atom. The minimum atomic E-state index is 0.638. The molecule has 2 aromatic heterocycles. The number of hydrogen-bond acceptors (Lipinski definition) is 5. The number of nitrogens with one attached hydrogen (secondary N) is 1. The minimum Gasteiger partial charge on any atom is -0.496 e. The first-order valence-corrected chi connectivity index (χ1v) is 9.25. The van der Waals surface area contributed by atoms with Crippen LogP contribution in [0.25, 0.3) is 21.6 Å². The molecule has 0 amide bonds. The molecule has 5 heteroatoms. The number of fused-ring (bicyclic) bond motifs is 1. The number of hydrogen-bond donors (Lipinski definition) is 1. The normalized spacial score (nSPS) is 10.8. The molecule has 0 fully saturated rings. The van der Waals surface area contributed by atoms with E-state index >= 15 is 0 Å². The van der Waals surface area contributed by atoms with Crippen LogP contribution in [0, 0.1) is 6.92 Å². The summed E-state index contributed by atoms with van der Waals surface area (Å²) in [5.74, 6) is 2.46. The van der Waals surface area contributed by atoms with Crippen molar-refractivity contribution in [1.29, 1.82) is 0 Å². The molecule has 1 N–H and O–H groups in total. The van der Waals surface area contributed by atoms with Gasteiger partial charge in [-0.2, -0.15) is 0 Å². The van der Waals surface area contributed by atoms with Crippen molar-refractivity contribution in [2.24, 2.45) is 0 Å². The molecule has 0 aliphatic carbocycles. The van der Waals surface area contributed by atoms with Crippen molar-refractivity contribution in [2.75, 3.05) is 12.4 Å². The molecule has 26 heavy (non-hydrogen) atoms. The standard InChI is InChI=1S/C21H19N3OS/c1-14-12-17-20(22-13-16-10-6-7-11-18(16)25-2)23-19(24-21(17)26-14)15-8-4-3-5-9-15/h3-12H,13H2,1-2H3,(H,22,23,24). The Morgan fingerprint density at radius 1 is 1.00 bits per heavy atom. The van der Waals surface area contributed by atoms with Gasteiger partial charge < -0.3 is 10.1 Å². The monoisotopic (exact) mass is 361 g/mol. The number of thiophene rings is 1. The van der Waals surface area contributed by atoms with Gasteiger partial charge in [-0.15, -0.1) is 11.3 Å². The first kappa shape index (κ1) is 16.5. The topological polar surface area (TPSA) is 47.0 Å². The number of benzene rings is 2. The van der Waals surface area contributed by atoms with Gasteiger partial charge in [-0.25, -0.2) is 9.97 Å². The maximum Gasteiger partial charge on any atom is 0.163 e. The SMILES string of the molecule is COc1ccccc1CNc1nc(-c2ccccc2)nc2sc(C)cc12. The number of methoxy groups -OCH3 is 1. The van der Waals surface area contributed by atoms with E-state index in [1.165, 1.54) is 4.88 Å². The third-order valence-electron chi connectivity index (χ3n) is 4.19. The van der Waals surface area contributed by atoms with E-state index in [1.807, 2.05) is 48.5 Å². The molecule has 0 saturated heterocycles. The van der Waals surface area contributed by atoms with E-state index in [-0.39, 0.29) is 0 Å². The molecule has 0 unspecified atom stereocenters. The van der Waals surface area contributed by atoms with Gasteiger partial charge in [-0.3, -0.25) is 0 Å². The Morgan fingerprint density at radius 2 is 1.77 bits per heavy atom. The summed E-state index contributed by atoms with van der Waals surface area (Å²) in [4.78, 5) is 11.8. The molecule has 2 heterocycles. The summed E-state index contributed by atoms with van der Waals surface area (Å²) in [6.07, 6.45) is 0. The molecule has 2 aromatic carbocycles. The zero-order valence-electron chi connectivity index (χ0n) is 14.7. The second-order valence-electron chi connectivity index (χ2n) is 6.00. The van der Waals surface area contributed by atoms with Crippen molar-refractivity contribution < 1.29 is 4.74 Å². The predicted molar refractivity (Wildman–Crippen MR) is 108 cm³/mol. The minimum absolute atomic E-state index is 0.638. The van der Waals surface area contributed by atoms with E-state index < -0.39 is 0 Å². The highest BCUT2D eigenvalue weighted by Crippen LogP contribution is 2.31. The maximum absolute atomic E-state index is 5.45. The average Bonchev–Trinajstić information content (AvgIpc) is 3.07. The molecule has 0 aliphatic rings. The molecule has 130 valence electrons. The summed E-state index contributed by atoms with van der Waals surface area (Å²) in [5, 5.41) is 4.54. The first-order chi connectivity index (χ1) is 12.7. The number of aromatic nitrogens is 2. The summed E-state index contributed by atoms with van der Waals surface area (Å²) in [6.45, 7) is 2.73. The van der Waals surface area contributed by atoms with E-state index in [1.54, 1.807) is 18.4 Å². The Hall–Kier alpha value is -2.92. The van der Waals surface area contributed by atoms with Crippen molar-refractivity contribution >= 4 is 27.4 Å². The molecule has 0 atom stereocenters. The van der Waals surface area contributed by atoms with Gasteiger partial charge in [-0.05, 0) is 19.1 Å². The Bertz CT molecular complexity index is 1040. The quantitative estimate of drug-likeness (QED) is 0.525. The van der Waals surface area contributed by atoms with E-state index in [9.17, 15) is 0 Å². The second-order valence-corrected chi connectivity index (χ2v) is 7.24. The summed E-state index contributed by atoms with van der Waals surface area (Å²) < 4.78 is 5.45. The van der Waals surface area contributed by atoms with Crippen molar-refractivity contribution in [3.8, 4) is 17.1 Å². The Balaban J connectivity index is 1.73. The molecule has 4 nitrogen and oxygen atoms in total. The number of aryl methyl sites for hydroxylation is 1. The van der Waals surface area contributed by atoms with E-state index in [0.717, 1.165) is 38.7 Å². The average molecular weight is 361 g/mol. The third kappa shape index (κ3) is 3.26. The number of rotatable bonds is 5. The van der Waals surface area contributed by atoms with Crippen LogP contribution < -0.4 is 10.1 Å². The summed E-state index contributed by atoms with van der Waals surface area (Å²) in [5.41, 5.74) is 2.11. The summed E-state index contributed by atoms with van der Waals surface area (Å²) >= 11 is 1.69. The van der Waals surface area contributed by atoms with E-state index in [4.69, 9.17) is 14.7 Å². The second kappa shape index (κ2) is 7.14. The van der Waals surface area contributed by atoms with Crippen LogP contribution in [0.2, 0.25) is 0 Å². The number of anilines is 1. The van der Waals surface area contributed by atoms with Gasteiger partial charge in [0.1, 0.15) is 16.4 Å². The molecule has 4 rings (SSSR count). The molecular formula is C21H19N3OS. The molecule has 0 bridgehead atoms. The van der Waals surface area contributed by atoms with Gasteiger partial charge in [0.2, 0.25) is 0 Å². The zero-order chi connectivity index (χ0) is 17.9. The first-order valence-electron chi connectivity index (χ1n) is 8.44. The number of para-hydroxylation sites is 1. The Labute approximate surface area is 156 Å². The molecular weight excluding hydrogens is 342 g/mol. The lowest BCUT2D eigenvalue weighted by Gasteiger charge is -2.11. The lowest BCUT2D eigenvalue weighted by molar-refractivity contribution is 0.410. The van der Waals surface area contributed by atoms with Gasteiger partial charge >= 0.3 is 0 Å². The smallest absolute Gasteiger partial charge is 0.163 e. The maximum atomic E-state index is 5.45.